The fourth-order valence-corrected chi connectivity index (χ4v) is 1.35. The third-order valence-electron chi connectivity index (χ3n) is 2.13. The van der Waals surface area contributed by atoms with Crippen LogP contribution < -0.4 is 4.74 Å². The average molecular weight is 172 g/mol. The Bertz CT molecular complexity index is 410. The second kappa shape index (κ2) is 2.49. The molecule has 1 aromatic carbocycles. The maximum Gasteiger partial charge on any atom is 0.177 e. The molecule has 0 bridgehead atoms. The third-order valence-corrected chi connectivity index (χ3v) is 2.13. The van der Waals surface area contributed by atoms with Crippen molar-refractivity contribution in [1.29, 1.82) is 0 Å². The summed E-state index contributed by atoms with van der Waals surface area (Å²) < 4.78 is 10.7. The van der Waals surface area contributed by atoms with E-state index in [4.69, 9.17) is 9.47 Å². The molecule has 1 aromatic rings. The van der Waals surface area contributed by atoms with Gasteiger partial charge in [-0.2, -0.15) is 0 Å². The highest BCUT2D eigenvalue weighted by Crippen LogP contribution is 2.29. The monoisotopic (exact) mass is 172 g/mol. The molecule has 1 saturated heterocycles. The van der Waals surface area contributed by atoms with Crippen LogP contribution in [0, 0.1) is 0 Å². The lowest BCUT2D eigenvalue weighted by atomic mass is 10.1. The van der Waals surface area contributed by atoms with Gasteiger partial charge in [0.15, 0.2) is 5.76 Å². The van der Waals surface area contributed by atoms with E-state index in [2.05, 4.69) is 5.73 Å². The van der Waals surface area contributed by atoms with Crippen LogP contribution in [-0.4, -0.2) is 12.7 Å². The Balaban J connectivity index is 2.05. The van der Waals surface area contributed by atoms with Crippen molar-refractivity contribution in [2.45, 2.75) is 6.10 Å². The van der Waals surface area contributed by atoms with Crippen molar-refractivity contribution in [3.63, 3.8) is 0 Å². The van der Waals surface area contributed by atoms with Gasteiger partial charge in [0.2, 0.25) is 0 Å². The van der Waals surface area contributed by atoms with E-state index in [1.54, 1.807) is 0 Å². The molecule has 2 nitrogen and oxygen atoms in total. The van der Waals surface area contributed by atoms with E-state index in [0.717, 1.165) is 23.7 Å². The van der Waals surface area contributed by atoms with Gasteiger partial charge in [-0.1, -0.05) is 23.9 Å². The number of epoxide rings is 1. The van der Waals surface area contributed by atoms with E-state index in [-0.39, 0.29) is 6.10 Å². The number of ether oxygens (including phenoxy) is 2. The molecule has 2 aliphatic rings. The van der Waals surface area contributed by atoms with Crippen molar-refractivity contribution < 1.29 is 9.47 Å². The Morgan fingerprint density at radius 3 is 3.00 bits per heavy atom. The van der Waals surface area contributed by atoms with Crippen LogP contribution in [0.25, 0.3) is 6.08 Å². The Morgan fingerprint density at radius 1 is 1.31 bits per heavy atom. The molecule has 1 atom stereocenters. The van der Waals surface area contributed by atoms with Gasteiger partial charge in [-0.15, -0.1) is 0 Å². The summed E-state index contributed by atoms with van der Waals surface area (Å²) in [5.74, 6) is 1.70. The second-order valence-electron chi connectivity index (χ2n) is 3.11. The van der Waals surface area contributed by atoms with Crippen molar-refractivity contribution >= 4 is 6.08 Å². The zero-order chi connectivity index (χ0) is 8.67. The highest BCUT2D eigenvalue weighted by molar-refractivity contribution is 5.59. The molecular weight excluding hydrogens is 164 g/mol. The van der Waals surface area contributed by atoms with Crippen LogP contribution in [0.2, 0.25) is 0 Å². The van der Waals surface area contributed by atoms with E-state index < -0.39 is 0 Å². The van der Waals surface area contributed by atoms with Crippen LogP contribution >= 0.6 is 0 Å². The highest BCUT2D eigenvalue weighted by Gasteiger charge is 2.30. The summed E-state index contributed by atoms with van der Waals surface area (Å²) in [5, 5.41) is 0. The maximum atomic E-state index is 5.61. The lowest BCUT2D eigenvalue weighted by molar-refractivity contribution is 0.337. The molecular formula is C11H8O2. The molecule has 3 rings (SSSR count). The van der Waals surface area contributed by atoms with Gasteiger partial charge < -0.3 is 9.47 Å². The number of para-hydroxylation sites is 1. The molecule has 0 spiro atoms. The van der Waals surface area contributed by atoms with Gasteiger partial charge in [0.05, 0.1) is 6.61 Å². The largest absolute Gasteiger partial charge is 0.450 e. The minimum atomic E-state index is 0.143. The van der Waals surface area contributed by atoms with Crippen LogP contribution in [0.1, 0.15) is 5.56 Å². The van der Waals surface area contributed by atoms with Crippen LogP contribution in [0.4, 0.5) is 0 Å². The summed E-state index contributed by atoms with van der Waals surface area (Å²) in [6.07, 6.45) is 2.08. The van der Waals surface area contributed by atoms with E-state index >= 15 is 0 Å². The first-order valence-electron chi connectivity index (χ1n) is 4.28. The number of hydrogen-bond donors (Lipinski definition) is 0. The molecule has 2 aliphatic heterocycles. The Hall–Kier alpha value is -1.50. The number of rotatable bonds is 1. The van der Waals surface area contributed by atoms with Gasteiger partial charge in [0, 0.05) is 5.56 Å². The van der Waals surface area contributed by atoms with Gasteiger partial charge in [-0.25, -0.2) is 0 Å². The maximum absolute atomic E-state index is 5.61. The van der Waals surface area contributed by atoms with Gasteiger partial charge in [0.1, 0.15) is 11.9 Å². The van der Waals surface area contributed by atoms with E-state index in [9.17, 15) is 0 Å². The topological polar surface area (TPSA) is 21.8 Å². The van der Waals surface area contributed by atoms with Crippen LogP contribution in [0.15, 0.2) is 35.8 Å². The summed E-state index contributed by atoms with van der Waals surface area (Å²) in [4.78, 5) is 0. The number of benzene rings is 1. The normalized spacial score (nSPS) is 23.1. The standard InChI is InChI=1S/C11H8O2/c1-2-4-9-8(3-1)5-6-10(13-9)11-7-12-11/h1-5,11H,7H2. The smallest absolute Gasteiger partial charge is 0.177 e. The first-order valence-corrected chi connectivity index (χ1v) is 4.28. The molecule has 2 heterocycles. The summed E-state index contributed by atoms with van der Waals surface area (Å²) >= 11 is 0. The first-order chi connectivity index (χ1) is 6.43. The van der Waals surface area contributed by atoms with Crippen molar-refractivity contribution in [1.82, 2.24) is 0 Å². The van der Waals surface area contributed by atoms with Crippen LogP contribution in [0.3, 0.4) is 0 Å². The Kier molecular flexibility index (Phi) is 1.33. The zero-order valence-corrected chi connectivity index (χ0v) is 6.99. The van der Waals surface area contributed by atoms with Crippen molar-refractivity contribution in [2.75, 3.05) is 6.61 Å². The molecule has 64 valence electrons. The van der Waals surface area contributed by atoms with E-state index in [1.807, 2.05) is 30.3 Å². The summed E-state index contributed by atoms with van der Waals surface area (Å²) in [5.41, 5.74) is 4.16. The molecule has 0 radical (unpaired) electrons. The van der Waals surface area contributed by atoms with Crippen LogP contribution in [0.5, 0.6) is 5.75 Å². The van der Waals surface area contributed by atoms with Gasteiger partial charge in [-0.3, -0.25) is 0 Å². The van der Waals surface area contributed by atoms with E-state index in [1.165, 1.54) is 0 Å². The molecule has 1 fully saturated rings. The molecule has 0 N–H and O–H groups in total. The average Bonchev–Trinajstić information content (AvgIpc) is 3.00. The van der Waals surface area contributed by atoms with Gasteiger partial charge in [-0.05, 0) is 12.1 Å². The fraction of sp³-hybridized carbons (Fsp3) is 0.182. The lowest BCUT2D eigenvalue weighted by Gasteiger charge is -2.11. The van der Waals surface area contributed by atoms with Crippen molar-refractivity contribution in [2.24, 2.45) is 0 Å². The summed E-state index contributed by atoms with van der Waals surface area (Å²) in [6.45, 7) is 0.762. The predicted octanol–water partition coefficient (Wildman–Crippen LogP) is 1.97. The molecule has 13 heavy (non-hydrogen) atoms. The van der Waals surface area contributed by atoms with Crippen molar-refractivity contribution in [3.8, 4) is 5.75 Å². The summed E-state index contributed by atoms with van der Waals surface area (Å²) in [7, 11) is 0. The van der Waals surface area contributed by atoms with Crippen molar-refractivity contribution in [3.05, 3.63) is 41.3 Å². The second-order valence-corrected chi connectivity index (χ2v) is 3.11. The van der Waals surface area contributed by atoms with Crippen LogP contribution in [-0.2, 0) is 4.74 Å². The quantitative estimate of drug-likeness (QED) is 0.477. The molecule has 1 unspecified atom stereocenters. The van der Waals surface area contributed by atoms with E-state index in [0.29, 0.717) is 0 Å². The lowest BCUT2D eigenvalue weighted by Crippen LogP contribution is -2.04. The molecule has 0 aromatic heterocycles. The van der Waals surface area contributed by atoms with Gasteiger partial charge in [0.25, 0.3) is 0 Å². The number of hydrogen-bond acceptors (Lipinski definition) is 2. The molecule has 0 saturated carbocycles. The zero-order valence-electron chi connectivity index (χ0n) is 6.99. The molecule has 2 heteroatoms. The fourth-order valence-electron chi connectivity index (χ4n) is 1.35. The Labute approximate surface area is 76.1 Å². The molecule has 0 aliphatic carbocycles. The SMILES string of the molecule is C1=Cc2ccccc2OC=1C1CO1. The minimum absolute atomic E-state index is 0.143. The third kappa shape index (κ3) is 1.17. The Morgan fingerprint density at radius 2 is 2.15 bits per heavy atom. The number of fused-ring (bicyclic) bond motifs is 1. The highest BCUT2D eigenvalue weighted by atomic mass is 16.6. The molecule has 0 amide bonds. The first kappa shape index (κ1) is 6.96. The summed E-state index contributed by atoms with van der Waals surface area (Å²) in [6, 6.07) is 7.91. The predicted molar refractivity (Wildman–Crippen MR) is 48.3 cm³/mol. The minimum Gasteiger partial charge on any atom is -0.450 e. The van der Waals surface area contributed by atoms with Gasteiger partial charge >= 0.3 is 0 Å².